The molecule has 0 saturated heterocycles. The van der Waals surface area contributed by atoms with Crippen molar-refractivity contribution < 1.29 is 17.7 Å². The van der Waals surface area contributed by atoms with Gasteiger partial charge in [0.25, 0.3) is 5.91 Å². The first-order valence-corrected chi connectivity index (χ1v) is 12.1. The predicted octanol–water partition coefficient (Wildman–Crippen LogP) is 3.66. The number of nitrogens with zero attached hydrogens (tertiary/aromatic N) is 4. The standard InChI is InChI=1S/C23H25N5O4S/c1-4-27(5-2)33(30,31)18-12-10-17(11-13-18)15-28-20-9-7-6-8-19(20)22(25-28)23(29)24-21-14-16(3)32-26-21/h6-14H,4-5,15H2,1-3H3,(H,24,26,29). The van der Waals surface area contributed by atoms with E-state index in [1.54, 1.807) is 41.9 Å². The summed E-state index contributed by atoms with van der Waals surface area (Å²) in [5.41, 5.74) is 1.92. The molecule has 172 valence electrons. The summed E-state index contributed by atoms with van der Waals surface area (Å²) in [5.74, 6) is 0.521. The molecule has 0 unspecified atom stereocenters. The van der Waals surface area contributed by atoms with Crippen LogP contribution in [0, 0.1) is 6.92 Å². The number of anilines is 1. The van der Waals surface area contributed by atoms with Crippen LogP contribution in [0.5, 0.6) is 0 Å². The number of hydrogen-bond acceptors (Lipinski definition) is 6. The number of fused-ring (bicyclic) bond motifs is 1. The number of aromatic nitrogens is 3. The van der Waals surface area contributed by atoms with Gasteiger partial charge >= 0.3 is 0 Å². The van der Waals surface area contributed by atoms with E-state index in [9.17, 15) is 13.2 Å². The van der Waals surface area contributed by atoms with E-state index in [4.69, 9.17) is 4.52 Å². The van der Waals surface area contributed by atoms with Crippen molar-refractivity contribution in [1.29, 1.82) is 0 Å². The van der Waals surface area contributed by atoms with Crippen LogP contribution >= 0.6 is 0 Å². The maximum absolute atomic E-state index is 12.8. The minimum atomic E-state index is -3.52. The number of hydrogen-bond donors (Lipinski definition) is 1. The molecule has 4 rings (SSSR count). The Balaban J connectivity index is 1.61. The quantitative estimate of drug-likeness (QED) is 0.423. The highest BCUT2D eigenvalue weighted by Gasteiger charge is 2.22. The van der Waals surface area contributed by atoms with E-state index < -0.39 is 10.0 Å². The first kappa shape index (κ1) is 22.7. The molecule has 0 spiro atoms. The smallest absolute Gasteiger partial charge is 0.278 e. The van der Waals surface area contributed by atoms with Gasteiger partial charge in [-0.15, -0.1) is 0 Å². The van der Waals surface area contributed by atoms with Crippen LogP contribution in [0.15, 0.2) is 64.0 Å². The zero-order valence-electron chi connectivity index (χ0n) is 18.6. The number of benzene rings is 2. The second kappa shape index (κ2) is 9.16. The number of sulfonamides is 1. The lowest BCUT2D eigenvalue weighted by atomic mass is 10.2. The molecule has 0 aliphatic carbocycles. The first-order chi connectivity index (χ1) is 15.8. The average Bonchev–Trinajstić information content (AvgIpc) is 3.38. The number of amides is 1. The van der Waals surface area contributed by atoms with Crippen LogP contribution in [0.1, 0.15) is 35.7 Å². The Morgan fingerprint density at radius 2 is 1.79 bits per heavy atom. The summed E-state index contributed by atoms with van der Waals surface area (Å²) in [4.78, 5) is 13.1. The fourth-order valence-corrected chi connectivity index (χ4v) is 5.13. The largest absolute Gasteiger partial charge is 0.360 e. The van der Waals surface area contributed by atoms with Crippen LogP contribution in [-0.2, 0) is 16.6 Å². The van der Waals surface area contributed by atoms with Crippen LogP contribution in [-0.4, -0.2) is 46.7 Å². The first-order valence-electron chi connectivity index (χ1n) is 10.6. The molecule has 2 aromatic carbocycles. The summed E-state index contributed by atoms with van der Waals surface area (Å²) in [5, 5.41) is 11.7. The number of aryl methyl sites for hydroxylation is 1. The van der Waals surface area contributed by atoms with Gasteiger partial charge in [-0.3, -0.25) is 9.48 Å². The molecule has 0 aliphatic rings. The fourth-order valence-electron chi connectivity index (χ4n) is 3.67. The minimum absolute atomic E-state index is 0.253. The molecule has 0 fully saturated rings. The molecular formula is C23H25N5O4S. The zero-order valence-corrected chi connectivity index (χ0v) is 19.5. The Morgan fingerprint density at radius 3 is 2.42 bits per heavy atom. The average molecular weight is 468 g/mol. The van der Waals surface area contributed by atoms with Gasteiger partial charge in [0.15, 0.2) is 11.5 Å². The SMILES string of the molecule is CCN(CC)S(=O)(=O)c1ccc(Cn2nc(C(=O)Nc3cc(C)on3)c3ccccc32)cc1. The zero-order chi connectivity index (χ0) is 23.6. The van der Waals surface area contributed by atoms with E-state index in [0.29, 0.717) is 36.6 Å². The number of carbonyl (C=O) groups is 1. The Hall–Kier alpha value is -3.50. The van der Waals surface area contributed by atoms with E-state index in [-0.39, 0.29) is 16.5 Å². The molecule has 1 amide bonds. The monoisotopic (exact) mass is 467 g/mol. The van der Waals surface area contributed by atoms with Crippen molar-refractivity contribution in [1.82, 2.24) is 19.2 Å². The van der Waals surface area contributed by atoms with E-state index >= 15 is 0 Å². The van der Waals surface area contributed by atoms with E-state index in [0.717, 1.165) is 11.1 Å². The summed E-state index contributed by atoms with van der Waals surface area (Å²) in [6.45, 7) is 6.58. The molecule has 1 N–H and O–H groups in total. The van der Waals surface area contributed by atoms with Crippen molar-refractivity contribution in [3.8, 4) is 0 Å². The topological polar surface area (TPSA) is 110 Å². The Labute approximate surface area is 192 Å². The Bertz CT molecular complexity index is 1390. The summed E-state index contributed by atoms with van der Waals surface area (Å²) in [7, 11) is -3.52. The lowest BCUT2D eigenvalue weighted by Crippen LogP contribution is -2.30. The molecule has 33 heavy (non-hydrogen) atoms. The van der Waals surface area contributed by atoms with Gasteiger partial charge in [0.1, 0.15) is 5.76 Å². The molecule has 2 heterocycles. The summed E-state index contributed by atoms with van der Waals surface area (Å²) >= 11 is 0. The number of carbonyl (C=O) groups excluding carboxylic acids is 1. The molecule has 10 heteroatoms. The van der Waals surface area contributed by atoms with Crippen molar-refractivity contribution in [2.75, 3.05) is 18.4 Å². The van der Waals surface area contributed by atoms with Crippen molar-refractivity contribution in [3.05, 3.63) is 71.6 Å². The van der Waals surface area contributed by atoms with Crippen LogP contribution in [0.4, 0.5) is 5.82 Å². The molecule has 0 saturated carbocycles. The Morgan fingerprint density at radius 1 is 1.09 bits per heavy atom. The molecule has 4 aromatic rings. The van der Waals surface area contributed by atoms with Gasteiger partial charge in [-0.25, -0.2) is 8.42 Å². The minimum Gasteiger partial charge on any atom is -0.360 e. The predicted molar refractivity (Wildman–Crippen MR) is 125 cm³/mol. The maximum atomic E-state index is 12.8. The molecule has 0 aliphatic heterocycles. The van der Waals surface area contributed by atoms with Crippen LogP contribution in [0.3, 0.4) is 0 Å². The molecule has 2 aromatic heterocycles. The highest BCUT2D eigenvalue weighted by Crippen LogP contribution is 2.22. The molecule has 0 bridgehead atoms. The number of nitrogens with one attached hydrogen (secondary N) is 1. The molecule has 9 nitrogen and oxygen atoms in total. The highest BCUT2D eigenvalue weighted by molar-refractivity contribution is 7.89. The number of rotatable bonds is 8. The second-order valence-electron chi connectivity index (χ2n) is 7.53. The van der Waals surface area contributed by atoms with E-state index in [2.05, 4.69) is 15.6 Å². The second-order valence-corrected chi connectivity index (χ2v) is 9.47. The molecular weight excluding hydrogens is 442 g/mol. The lowest BCUT2D eigenvalue weighted by Gasteiger charge is -2.18. The molecule has 0 atom stereocenters. The van der Waals surface area contributed by atoms with Gasteiger partial charge in [-0.1, -0.05) is 49.3 Å². The van der Waals surface area contributed by atoms with Crippen molar-refractivity contribution in [3.63, 3.8) is 0 Å². The van der Waals surface area contributed by atoms with Crippen LogP contribution < -0.4 is 5.32 Å². The van der Waals surface area contributed by atoms with Gasteiger partial charge in [0.05, 0.1) is 17.0 Å². The van der Waals surface area contributed by atoms with E-state index in [1.165, 1.54) is 4.31 Å². The summed E-state index contributed by atoms with van der Waals surface area (Å²) < 4.78 is 33.6. The summed E-state index contributed by atoms with van der Waals surface area (Å²) in [6, 6.07) is 15.8. The number of para-hydroxylation sites is 1. The highest BCUT2D eigenvalue weighted by atomic mass is 32.2. The lowest BCUT2D eigenvalue weighted by molar-refractivity contribution is 0.102. The van der Waals surface area contributed by atoms with Gasteiger partial charge in [-0.2, -0.15) is 9.40 Å². The van der Waals surface area contributed by atoms with Gasteiger partial charge in [-0.05, 0) is 30.7 Å². The third-order valence-electron chi connectivity index (χ3n) is 5.34. The fraction of sp³-hybridized carbons (Fsp3) is 0.261. The van der Waals surface area contributed by atoms with Crippen LogP contribution in [0.25, 0.3) is 10.9 Å². The maximum Gasteiger partial charge on any atom is 0.278 e. The third-order valence-corrected chi connectivity index (χ3v) is 7.41. The van der Waals surface area contributed by atoms with Crippen molar-refractivity contribution in [2.45, 2.75) is 32.2 Å². The van der Waals surface area contributed by atoms with Gasteiger partial charge < -0.3 is 9.84 Å². The third kappa shape index (κ3) is 4.53. The molecule has 0 radical (unpaired) electrons. The van der Waals surface area contributed by atoms with E-state index in [1.807, 2.05) is 38.1 Å². The summed E-state index contributed by atoms with van der Waals surface area (Å²) in [6.07, 6.45) is 0. The van der Waals surface area contributed by atoms with Crippen molar-refractivity contribution in [2.24, 2.45) is 0 Å². The van der Waals surface area contributed by atoms with Gasteiger partial charge in [0.2, 0.25) is 10.0 Å². The van der Waals surface area contributed by atoms with Gasteiger partial charge in [0, 0.05) is 24.5 Å². The van der Waals surface area contributed by atoms with Crippen LogP contribution in [0.2, 0.25) is 0 Å². The van der Waals surface area contributed by atoms with Crippen molar-refractivity contribution >= 4 is 32.7 Å². The Kier molecular flexibility index (Phi) is 6.30. The normalized spacial score (nSPS) is 11.9.